The van der Waals surface area contributed by atoms with Crippen LogP contribution in [0, 0.1) is 0 Å². The highest BCUT2D eigenvalue weighted by Gasteiger charge is 2.26. The Kier molecular flexibility index (Phi) is 16.5. The van der Waals surface area contributed by atoms with Crippen LogP contribution in [0.1, 0.15) is 0 Å². The number of fused-ring (bicyclic) bond motifs is 30. The summed E-state index contributed by atoms with van der Waals surface area (Å²) in [4.78, 5) is 31.4. The predicted octanol–water partition coefficient (Wildman–Crippen LogP) is 33.8. The molecule has 0 radical (unpaired) electrons. The Morgan fingerprint density at radius 1 is 0.123 bits per heavy atom. The molecule has 0 aliphatic carbocycles. The molecule has 0 amide bonds. The highest BCUT2D eigenvalue weighted by Crippen LogP contribution is 2.49. The van der Waals surface area contributed by atoms with Crippen molar-refractivity contribution < 1.29 is 0 Å². The number of benzene rings is 22. The average Bonchev–Trinajstić information content (AvgIpc) is 1.51. The molecule has 0 atom stereocenters. The van der Waals surface area contributed by atoms with E-state index in [1.165, 1.54) is 149 Å². The van der Waals surface area contributed by atoms with Gasteiger partial charge < -0.3 is 18.3 Å². The zero-order valence-electron chi connectivity index (χ0n) is 73.9. The molecule has 0 fully saturated rings. The summed E-state index contributed by atoms with van der Waals surface area (Å²) < 4.78 is 15.0. The molecule has 0 aliphatic rings. The van der Waals surface area contributed by atoms with Crippen molar-refractivity contribution in [1.29, 1.82) is 0 Å². The van der Waals surface area contributed by atoms with Gasteiger partial charge in [-0.15, -0.1) is 22.7 Å². The van der Waals surface area contributed by atoms with Gasteiger partial charge in [-0.2, -0.15) is 0 Å². The molecule has 8 aromatic heterocycles. The number of hydrogen-bond donors (Lipinski definition) is 0. The van der Waals surface area contributed by atoms with Gasteiger partial charge in [0.2, 0.25) is 0 Å². The molecule has 30 aromatic rings. The summed E-state index contributed by atoms with van der Waals surface area (Å²) >= 11 is 3.73. The quantitative estimate of drug-likeness (QED) is 0.120. The number of rotatable bonds is 11. The molecular weight excluding hydrogens is 1720 g/mol. The van der Waals surface area contributed by atoms with E-state index in [0.29, 0.717) is 34.9 Å². The maximum Gasteiger partial charge on any atom is 0.164 e. The molecular formula is C126H72N10S2. The fourth-order valence-electron chi connectivity index (χ4n) is 22.5. The Labute approximate surface area is 796 Å². The van der Waals surface area contributed by atoms with E-state index in [4.69, 9.17) is 29.9 Å². The van der Waals surface area contributed by atoms with Gasteiger partial charge in [-0.25, -0.2) is 29.9 Å². The third-order valence-electron chi connectivity index (χ3n) is 28.8. The van der Waals surface area contributed by atoms with Gasteiger partial charge >= 0.3 is 0 Å². The first-order chi connectivity index (χ1) is 68.4. The highest BCUT2D eigenvalue weighted by atomic mass is 32.1. The maximum absolute atomic E-state index is 5.44. The van der Waals surface area contributed by atoms with Crippen LogP contribution in [-0.4, -0.2) is 48.2 Å². The second-order valence-corrected chi connectivity index (χ2v) is 38.5. The number of para-hydroxylation sites is 4. The summed E-state index contributed by atoms with van der Waals surface area (Å²) in [5, 5.41) is 28.8. The predicted molar refractivity (Wildman–Crippen MR) is 579 cm³/mol. The van der Waals surface area contributed by atoms with E-state index >= 15 is 0 Å². The Balaban J connectivity index is 0.488. The summed E-state index contributed by atoms with van der Waals surface area (Å²) in [5.74, 6) is 3.71. The van der Waals surface area contributed by atoms with Crippen molar-refractivity contribution in [2.75, 3.05) is 0 Å². The largest absolute Gasteiger partial charge is 0.309 e. The summed E-state index contributed by atoms with van der Waals surface area (Å²) in [5.41, 5.74) is 21.5. The lowest BCUT2D eigenvalue weighted by Gasteiger charge is -2.15. The molecule has 0 N–H and O–H groups in total. The molecule has 0 spiro atoms. The van der Waals surface area contributed by atoms with Crippen LogP contribution >= 0.6 is 22.7 Å². The molecule has 22 aromatic carbocycles. The van der Waals surface area contributed by atoms with E-state index in [2.05, 4.69) is 400 Å². The van der Waals surface area contributed by atoms with Gasteiger partial charge in [0.15, 0.2) is 34.9 Å². The van der Waals surface area contributed by atoms with Crippen molar-refractivity contribution in [3.63, 3.8) is 0 Å². The molecule has 8 heterocycles. The Bertz CT molecular complexity index is 10400. The minimum atomic E-state index is 0.600. The van der Waals surface area contributed by atoms with Crippen molar-refractivity contribution in [1.82, 2.24) is 48.2 Å². The third kappa shape index (κ3) is 11.7. The van der Waals surface area contributed by atoms with Gasteiger partial charge in [-0.05, 0) is 209 Å². The smallest absolute Gasteiger partial charge is 0.164 e. The van der Waals surface area contributed by atoms with E-state index in [9.17, 15) is 0 Å². The number of nitrogens with zero attached hydrogens (tertiary/aromatic N) is 10. The Morgan fingerprint density at radius 3 is 0.797 bits per heavy atom. The first-order valence-corrected chi connectivity index (χ1v) is 48.4. The van der Waals surface area contributed by atoms with Gasteiger partial charge in [0.05, 0.1) is 44.1 Å². The second-order valence-electron chi connectivity index (χ2n) is 36.3. The van der Waals surface area contributed by atoms with Crippen molar-refractivity contribution in [3.8, 4) is 102 Å². The van der Waals surface area contributed by atoms with Crippen LogP contribution in [0.2, 0.25) is 0 Å². The summed E-state index contributed by atoms with van der Waals surface area (Å²) in [6, 6.07) is 160. The number of aromatic nitrogens is 10. The summed E-state index contributed by atoms with van der Waals surface area (Å²) in [7, 11) is 0. The van der Waals surface area contributed by atoms with Gasteiger partial charge in [-0.1, -0.05) is 303 Å². The Morgan fingerprint density at radius 2 is 0.370 bits per heavy atom. The van der Waals surface area contributed by atoms with Crippen molar-refractivity contribution in [2.45, 2.75) is 0 Å². The standard InChI is InChI=1S/C126H72N10S2/c1-4-24-74(25-5-1)121-127-122(75-26-6-2-7-27-75)130-125(129-121)79-50-56-90-92-59-52-81(65-101(92)88-33-13-12-32-87(88)99(90)62-79)133-109-39-19-14-34-93(109)103-68-84(53-60-113(103)133)136-112-42-22-17-37-96(112)106-72-120-108(70-116(106)136)98-57-48-78(64-118(98)138-120)73-44-46-77(47-45-73)124-128-123(76-28-8-3-9-29-76)131-126(132-124)80-49-55-89-85-30-10-11-31-86(85)91-58-51-82(66-102(91)100(89)63-80)134-110-40-20-15-35-94(110)104-67-83(54-61-114(104)134)135-111-41-21-16-36-95(111)105-71-119-107(69-115(105)135)97-38-18-23-43-117(97)137-119/h1-72H. The third-order valence-corrected chi connectivity index (χ3v) is 31.0. The van der Waals surface area contributed by atoms with Crippen LogP contribution in [0.4, 0.5) is 0 Å². The van der Waals surface area contributed by atoms with Gasteiger partial charge in [0.25, 0.3) is 0 Å². The molecule has 0 unspecified atom stereocenters. The minimum absolute atomic E-state index is 0.600. The fraction of sp³-hybridized carbons (Fsp3) is 0. The van der Waals surface area contributed by atoms with Gasteiger partial charge in [0, 0.05) is 140 Å². The first-order valence-electron chi connectivity index (χ1n) is 46.8. The molecule has 0 aliphatic heterocycles. The fourth-order valence-corrected chi connectivity index (χ4v) is 24.8. The van der Waals surface area contributed by atoms with Crippen LogP contribution in [0.3, 0.4) is 0 Å². The lowest BCUT2D eigenvalue weighted by Crippen LogP contribution is -2.00. The number of hydrogen-bond acceptors (Lipinski definition) is 8. The van der Waals surface area contributed by atoms with Crippen LogP contribution < -0.4 is 0 Å². The van der Waals surface area contributed by atoms with Crippen molar-refractivity contribution >= 4 is 215 Å². The summed E-state index contributed by atoms with van der Waals surface area (Å²) in [6.07, 6.45) is 0. The summed E-state index contributed by atoms with van der Waals surface area (Å²) in [6.45, 7) is 0. The van der Waals surface area contributed by atoms with Gasteiger partial charge in [0.1, 0.15) is 0 Å². The topological polar surface area (TPSA) is 97.1 Å². The molecule has 138 heavy (non-hydrogen) atoms. The normalized spacial score (nSPS) is 12.2. The van der Waals surface area contributed by atoms with Crippen LogP contribution in [0.5, 0.6) is 0 Å². The SMILES string of the molecule is c1ccc(-c2nc(-c3ccccc3)nc(-c3ccc4c5ccc(-n6c7ccccc7c7cc(-n8c9ccccc9c9cc%10sc%11cc(-c%12ccc(-c%13nc(-c%14ccccc%14)nc(-c%14ccc%15c%16ccccc%16c%16ccc(-n%17c%18ccccc%18c%18cc(-n%19c%20ccccc%20c%20cc%21sc%22ccccc%22c%21cc%20%19)ccc%18%17)cc%16c%15c%14)n%13)cc%12)ccc%11c%10cc98)ccc76)cc5c5ccccc5c4c3)n2)cc1. The van der Waals surface area contributed by atoms with E-state index in [0.717, 1.165) is 111 Å². The lowest BCUT2D eigenvalue weighted by atomic mass is 9.93. The second kappa shape index (κ2) is 29.8. The molecule has 30 rings (SSSR count). The van der Waals surface area contributed by atoms with Gasteiger partial charge in [-0.3, -0.25) is 0 Å². The molecule has 10 nitrogen and oxygen atoms in total. The minimum Gasteiger partial charge on any atom is -0.309 e. The number of thiophene rings is 2. The maximum atomic E-state index is 5.44. The van der Waals surface area contributed by atoms with Crippen LogP contribution in [-0.2, 0) is 0 Å². The van der Waals surface area contributed by atoms with E-state index in [1.807, 2.05) is 77.3 Å². The molecule has 0 saturated heterocycles. The lowest BCUT2D eigenvalue weighted by molar-refractivity contribution is 1.07. The zero-order chi connectivity index (χ0) is 90.1. The molecule has 0 saturated carbocycles. The monoisotopic (exact) mass is 1790 g/mol. The van der Waals surface area contributed by atoms with E-state index in [1.54, 1.807) is 0 Å². The first kappa shape index (κ1) is 76.6. The van der Waals surface area contributed by atoms with Crippen molar-refractivity contribution in [2.24, 2.45) is 0 Å². The van der Waals surface area contributed by atoms with E-state index in [-0.39, 0.29) is 0 Å². The Hall–Kier alpha value is -17.9. The van der Waals surface area contributed by atoms with E-state index < -0.39 is 0 Å². The van der Waals surface area contributed by atoms with Crippen LogP contribution in [0.15, 0.2) is 437 Å². The van der Waals surface area contributed by atoms with Crippen LogP contribution in [0.25, 0.3) is 294 Å². The molecule has 638 valence electrons. The highest BCUT2D eigenvalue weighted by molar-refractivity contribution is 7.26. The average molecular weight is 1790 g/mol. The van der Waals surface area contributed by atoms with Crippen molar-refractivity contribution in [3.05, 3.63) is 437 Å². The zero-order valence-corrected chi connectivity index (χ0v) is 75.5. The molecule has 0 bridgehead atoms. The molecule has 12 heteroatoms.